The van der Waals surface area contributed by atoms with Gasteiger partial charge in [0.2, 0.25) is 5.96 Å². The van der Waals surface area contributed by atoms with Gasteiger partial charge in [0.1, 0.15) is 0 Å². The number of rotatable bonds is 3. The summed E-state index contributed by atoms with van der Waals surface area (Å²) in [5, 5.41) is 12.2. The molecule has 1 aliphatic rings. The Balaban J connectivity index is 0.000000527. The van der Waals surface area contributed by atoms with Crippen LogP contribution in [0.3, 0.4) is 0 Å². The van der Waals surface area contributed by atoms with Gasteiger partial charge in [-0.05, 0) is 30.2 Å². The number of guanidine groups is 1. The van der Waals surface area contributed by atoms with Crippen molar-refractivity contribution in [2.24, 2.45) is 10.7 Å². The maximum absolute atomic E-state index is 11.1. The molecule has 2 heterocycles. The van der Waals surface area contributed by atoms with E-state index in [9.17, 15) is 10.1 Å². The first kappa shape index (κ1) is 24.0. The molecule has 1 atom stereocenters. The van der Waals surface area contributed by atoms with Crippen LogP contribution in [0.15, 0.2) is 84.0 Å². The standard InChI is InChI=1S/C23H19N5O2.H2O4Se/c24-23(26-16-7-5-8-17(13-16)28(29)30)27-21-11-4-1-6-15(21)12-22(27)19-14-25-20-10-3-2-9-18(19)20;1-5(2,3)4/h1-11,13-14,22,25H,12H2,(H2,24,26);(H2,1,2,3,4). The zero-order chi connectivity index (χ0) is 25.2. The topological polar surface area (TPSA) is 175 Å². The molecule has 0 spiro atoms. The number of non-ortho nitro benzene ring substituents is 1. The number of para-hydroxylation sites is 2. The van der Waals surface area contributed by atoms with Gasteiger partial charge in [-0.2, -0.15) is 0 Å². The predicted molar refractivity (Wildman–Crippen MR) is 130 cm³/mol. The molecule has 5 rings (SSSR count). The summed E-state index contributed by atoms with van der Waals surface area (Å²) in [4.78, 5) is 20.6. The zero-order valence-electron chi connectivity index (χ0n) is 18.1. The van der Waals surface area contributed by atoms with E-state index < -0.39 is 18.3 Å². The summed E-state index contributed by atoms with van der Waals surface area (Å²) in [5.74, 6) is 0.302. The van der Waals surface area contributed by atoms with Crippen molar-refractivity contribution in [1.29, 1.82) is 0 Å². The molecule has 0 aliphatic carbocycles. The van der Waals surface area contributed by atoms with E-state index in [0.29, 0.717) is 11.6 Å². The van der Waals surface area contributed by atoms with E-state index in [0.717, 1.165) is 28.6 Å². The average Bonchev–Trinajstić information content (AvgIpc) is 3.39. The number of hydrogen-bond donors (Lipinski definition) is 4. The summed E-state index contributed by atoms with van der Waals surface area (Å²) in [7, 11) is 0. The van der Waals surface area contributed by atoms with Crippen LogP contribution in [0.4, 0.5) is 17.1 Å². The molecule has 1 aromatic heterocycles. The number of nitro groups is 1. The van der Waals surface area contributed by atoms with Crippen molar-refractivity contribution in [3.8, 4) is 0 Å². The summed E-state index contributed by atoms with van der Waals surface area (Å²) in [6, 6.07) is 22.4. The molecule has 180 valence electrons. The minimum atomic E-state index is -5.25. The number of nitrogens with zero attached hydrogens (tertiary/aromatic N) is 3. The number of benzene rings is 3. The Hall–Kier alpha value is -4.09. The van der Waals surface area contributed by atoms with E-state index in [2.05, 4.69) is 22.1 Å². The van der Waals surface area contributed by atoms with Gasteiger partial charge in [-0.25, -0.2) is 4.99 Å². The molecular weight excluding hydrogens is 521 g/mol. The predicted octanol–water partition coefficient (Wildman–Crippen LogP) is 3.09. The van der Waals surface area contributed by atoms with Crippen LogP contribution in [0.2, 0.25) is 0 Å². The Morgan fingerprint density at radius 3 is 2.51 bits per heavy atom. The van der Waals surface area contributed by atoms with Crippen molar-refractivity contribution in [2.75, 3.05) is 4.90 Å². The molecule has 0 bridgehead atoms. The second-order valence-corrected chi connectivity index (χ2v) is 9.58. The Kier molecular flexibility index (Phi) is 6.63. The van der Waals surface area contributed by atoms with Gasteiger partial charge < -0.3 is 15.6 Å². The Bertz CT molecular complexity index is 1520. The SMILES string of the molecule is NC(=Nc1cccc([N+](=O)[O-])c1)N1c2ccccc2CC1c1c[nH]c2ccccc12.O=[Se](=O)(O)O. The van der Waals surface area contributed by atoms with Crippen LogP contribution in [-0.2, 0) is 14.1 Å². The fourth-order valence-corrected chi connectivity index (χ4v) is 4.15. The number of anilines is 1. The zero-order valence-corrected chi connectivity index (χ0v) is 19.9. The Morgan fingerprint density at radius 1 is 1.09 bits per heavy atom. The number of aromatic nitrogens is 1. The number of nitrogens with one attached hydrogen (secondary N) is 1. The Morgan fingerprint density at radius 2 is 1.77 bits per heavy atom. The van der Waals surface area contributed by atoms with Gasteiger partial charge in [0, 0.05) is 40.5 Å². The van der Waals surface area contributed by atoms with Crippen LogP contribution in [0.1, 0.15) is 17.2 Å². The molecule has 12 heteroatoms. The van der Waals surface area contributed by atoms with E-state index >= 15 is 0 Å². The maximum atomic E-state index is 11.1. The van der Waals surface area contributed by atoms with Gasteiger partial charge in [-0.1, -0.05) is 42.5 Å². The third-order valence-electron chi connectivity index (χ3n) is 5.49. The van der Waals surface area contributed by atoms with Gasteiger partial charge in [0.25, 0.3) is 5.69 Å². The van der Waals surface area contributed by atoms with Gasteiger partial charge in [-0.15, -0.1) is 0 Å². The van der Waals surface area contributed by atoms with Crippen LogP contribution in [-0.4, -0.2) is 37.6 Å². The average molecular weight is 542 g/mol. The van der Waals surface area contributed by atoms with Crippen LogP contribution in [0, 0.1) is 10.1 Å². The van der Waals surface area contributed by atoms with Crippen molar-refractivity contribution < 1.29 is 21.0 Å². The van der Waals surface area contributed by atoms with Gasteiger partial charge in [-0.3, -0.25) is 10.1 Å². The van der Waals surface area contributed by atoms with Gasteiger partial charge >= 0.3 is 29.4 Å². The minimum absolute atomic E-state index is 0.0148. The molecule has 4 aromatic rings. The first-order valence-corrected chi connectivity index (χ1v) is 13.3. The molecule has 0 fully saturated rings. The number of fused-ring (bicyclic) bond motifs is 2. The second kappa shape index (κ2) is 9.64. The third-order valence-corrected chi connectivity index (χ3v) is 5.49. The van der Waals surface area contributed by atoms with Crippen LogP contribution >= 0.6 is 0 Å². The van der Waals surface area contributed by atoms with E-state index in [1.807, 2.05) is 47.5 Å². The monoisotopic (exact) mass is 543 g/mol. The van der Waals surface area contributed by atoms with E-state index in [-0.39, 0.29) is 11.7 Å². The molecule has 0 saturated heterocycles. The van der Waals surface area contributed by atoms with Crippen molar-refractivity contribution in [2.45, 2.75) is 12.5 Å². The van der Waals surface area contributed by atoms with E-state index in [4.69, 9.17) is 21.8 Å². The van der Waals surface area contributed by atoms with Crippen molar-refractivity contribution in [1.82, 2.24) is 4.98 Å². The number of H-pyrrole nitrogens is 1. The fourth-order valence-electron chi connectivity index (χ4n) is 4.15. The second-order valence-electron chi connectivity index (χ2n) is 7.70. The molecule has 1 unspecified atom stereocenters. The number of aromatic amines is 1. The van der Waals surface area contributed by atoms with Gasteiger partial charge in [0.05, 0.1) is 16.7 Å². The Labute approximate surface area is 201 Å². The van der Waals surface area contributed by atoms with E-state index in [1.54, 1.807) is 12.1 Å². The molecule has 3 aromatic carbocycles. The summed E-state index contributed by atoms with van der Waals surface area (Å²) in [6.45, 7) is 0. The van der Waals surface area contributed by atoms with Gasteiger partial charge in [0.15, 0.2) is 0 Å². The summed E-state index contributed by atoms with van der Waals surface area (Å²) in [6.07, 6.45) is 2.82. The first-order chi connectivity index (χ1) is 16.6. The molecule has 0 radical (unpaired) electrons. The molecule has 0 amide bonds. The van der Waals surface area contributed by atoms with Crippen LogP contribution in [0.5, 0.6) is 0 Å². The number of hydrogen-bond acceptors (Lipinski definition) is 5. The van der Waals surface area contributed by atoms with Crippen LogP contribution in [0.25, 0.3) is 10.9 Å². The van der Waals surface area contributed by atoms with Crippen molar-refractivity contribution in [3.05, 3.63) is 100 Å². The molecule has 1 aliphatic heterocycles. The van der Waals surface area contributed by atoms with Crippen molar-refractivity contribution >= 4 is 47.3 Å². The van der Waals surface area contributed by atoms with Crippen LogP contribution < -0.4 is 10.6 Å². The first-order valence-electron chi connectivity index (χ1n) is 10.3. The molecule has 5 N–H and O–H groups in total. The number of nitrogens with two attached hydrogens (primary N) is 1. The normalized spacial score (nSPS) is 15.4. The molecule has 35 heavy (non-hydrogen) atoms. The molecular formula is C23H21N5O6Se. The van der Waals surface area contributed by atoms with Crippen molar-refractivity contribution in [3.63, 3.8) is 0 Å². The third kappa shape index (κ3) is 5.53. The molecule has 0 saturated carbocycles. The van der Waals surface area contributed by atoms with E-state index in [1.165, 1.54) is 17.7 Å². The fraction of sp³-hybridized carbons (Fsp3) is 0.0870. The number of nitro benzene ring substituents is 1. The molecule has 11 nitrogen and oxygen atoms in total. The quantitative estimate of drug-likeness (QED) is 0.100. The number of aliphatic imine (C=N–C) groups is 1. The summed E-state index contributed by atoms with van der Waals surface area (Å²) < 4.78 is 31.9. The summed E-state index contributed by atoms with van der Waals surface area (Å²) >= 11 is -5.25. The summed E-state index contributed by atoms with van der Waals surface area (Å²) in [5.41, 5.74) is 11.3.